The Morgan fingerprint density at radius 1 is 1.31 bits per heavy atom. The van der Waals surface area contributed by atoms with Crippen molar-refractivity contribution in [1.29, 1.82) is 0 Å². The molecule has 0 aromatic carbocycles. The molecule has 1 aromatic heterocycles. The molecule has 0 saturated heterocycles. The van der Waals surface area contributed by atoms with Gasteiger partial charge in [0, 0.05) is 12.7 Å². The maximum atomic E-state index is 6.07. The van der Waals surface area contributed by atoms with Gasteiger partial charge in [0.05, 0.1) is 5.02 Å². The lowest BCUT2D eigenvalue weighted by Crippen LogP contribution is -2.18. The summed E-state index contributed by atoms with van der Waals surface area (Å²) in [4.78, 5) is 4.27. The van der Waals surface area contributed by atoms with Crippen LogP contribution in [0.15, 0.2) is 18.3 Å². The summed E-state index contributed by atoms with van der Waals surface area (Å²) in [7, 11) is 0. The van der Waals surface area contributed by atoms with Crippen molar-refractivity contribution in [3.63, 3.8) is 0 Å². The van der Waals surface area contributed by atoms with Crippen LogP contribution >= 0.6 is 11.6 Å². The van der Waals surface area contributed by atoms with Crippen LogP contribution in [0.1, 0.15) is 25.7 Å². The Kier molecular flexibility index (Phi) is 2.76. The third-order valence-corrected chi connectivity index (χ3v) is 4.02. The van der Waals surface area contributed by atoms with Crippen molar-refractivity contribution in [2.45, 2.75) is 25.7 Å². The van der Waals surface area contributed by atoms with E-state index in [-0.39, 0.29) is 0 Å². The summed E-state index contributed by atoms with van der Waals surface area (Å²) in [6.45, 7) is 1.05. The molecule has 1 heterocycles. The van der Waals surface area contributed by atoms with Crippen molar-refractivity contribution < 1.29 is 0 Å². The van der Waals surface area contributed by atoms with Gasteiger partial charge in [-0.3, -0.25) is 0 Å². The average molecular weight is 237 g/mol. The molecule has 0 spiro atoms. The van der Waals surface area contributed by atoms with Crippen LogP contribution in [0, 0.1) is 17.8 Å². The molecule has 0 bridgehead atoms. The fraction of sp³-hybridized carbons (Fsp3) is 0.615. The number of rotatable bonds is 5. The third kappa shape index (κ3) is 2.32. The number of aromatic nitrogens is 1. The Morgan fingerprint density at radius 3 is 2.56 bits per heavy atom. The van der Waals surface area contributed by atoms with Gasteiger partial charge in [0.1, 0.15) is 5.82 Å². The van der Waals surface area contributed by atoms with E-state index in [0.29, 0.717) is 0 Å². The van der Waals surface area contributed by atoms with Crippen LogP contribution in [-0.4, -0.2) is 11.5 Å². The van der Waals surface area contributed by atoms with Gasteiger partial charge < -0.3 is 5.32 Å². The first kappa shape index (κ1) is 10.4. The SMILES string of the molecule is Clc1cccnc1NCC(C1CC1)C1CC1. The quantitative estimate of drug-likeness (QED) is 0.845. The lowest BCUT2D eigenvalue weighted by Gasteiger charge is -2.16. The van der Waals surface area contributed by atoms with Gasteiger partial charge in [-0.15, -0.1) is 0 Å². The second kappa shape index (κ2) is 4.25. The molecule has 2 fully saturated rings. The van der Waals surface area contributed by atoms with Crippen LogP contribution in [0.5, 0.6) is 0 Å². The Bertz CT molecular complexity index is 360. The van der Waals surface area contributed by atoms with E-state index in [2.05, 4.69) is 10.3 Å². The molecule has 3 heteroatoms. The zero-order valence-electron chi connectivity index (χ0n) is 9.32. The summed E-state index contributed by atoms with van der Waals surface area (Å²) in [6.07, 6.45) is 7.51. The lowest BCUT2D eigenvalue weighted by molar-refractivity contribution is 0.428. The minimum atomic E-state index is 0.729. The van der Waals surface area contributed by atoms with Crippen LogP contribution in [0.3, 0.4) is 0 Å². The second-order valence-corrected chi connectivity index (χ2v) is 5.46. The van der Waals surface area contributed by atoms with Crippen molar-refractivity contribution >= 4 is 17.4 Å². The minimum absolute atomic E-state index is 0.729. The second-order valence-electron chi connectivity index (χ2n) is 5.05. The smallest absolute Gasteiger partial charge is 0.144 e. The van der Waals surface area contributed by atoms with E-state index in [9.17, 15) is 0 Å². The molecule has 0 aliphatic heterocycles. The number of halogens is 1. The Hall–Kier alpha value is -0.760. The van der Waals surface area contributed by atoms with Gasteiger partial charge in [-0.1, -0.05) is 11.6 Å². The molecule has 2 nitrogen and oxygen atoms in total. The number of hydrogen-bond acceptors (Lipinski definition) is 2. The zero-order valence-corrected chi connectivity index (χ0v) is 10.1. The molecule has 2 aliphatic rings. The van der Waals surface area contributed by atoms with Gasteiger partial charge >= 0.3 is 0 Å². The Balaban J connectivity index is 1.60. The van der Waals surface area contributed by atoms with Crippen LogP contribution in [-0.2, 0) is 0 Å². The van der Waals surface area contributed by atoms with E-state index < -0.39 is 0 Å². The monoisotopic (exact) mass is 236 g/mol. The van der Waals surface area contributed by atoms with Crippen molar-refractivity contribution in [2.24, 2.45) is 17.8 Å². The van der Waals surface area contributed by atoms with E-state index in [1.54, 1.807) is 6.20 Å². The summed E-state index contributed by atoms with van der Waals surface area (Å²) in [6, 6.07) is 3.76. The number of pyridine rings is 1. The number of anilines is 1. The first-order chi connectivity index (χ1) is 7.84. The maximum Gasteiger partial charge on any atom is 0.144 e. The molecule has 0 atom stereocenters. The standard InChI is InChI=1S/C13H17ClN2/c14-12-2-1-7-15-13(12)16-8-11(9-3-4-9)10-5-6-10/h1-2,7,9-11H,3-6,8H2,(H,15,16). The maximum absolute atomic E-state index is 6.07. The van der Waals surface area contributed by atoms with Crippen LogP contribution in [0.4, 0.5) is 5.82 Å². The normalized spacial score (nSPS) is 20.1. The van der Waals surface area contributed by atoms with E-state index >= 15 is 0 Å². The fourth-order valence-electron chi connectivity index (χ4n) is 2.50. The molecular formula is C13H17ClN2. The topological polar surface area (TPSA) is 24.9 Å². The molecule has 1 aromatic rings. The summed E-state index contributed by atoms with van der Waals surface area (Å²) in [5.74, 6) is 3.65. The highest BCUT2D eigenvalue weighted by molar-refractivity contribution is 6.32. The van der Waals surface area contributed by atoms with Crippen LogP contribution in [0.25, 0.3) is 0 Å². The summed E-state index contributed by atoms with van der Waals surface area (Å²) in [5, 5.41) is 4.14. The van der Waals surface area contributed by atoms with Crippen molar-refractivity contribution in [2.75, 3.05) is 11.9 Å². The van der Waals surface area contributed by atoms with Crippen LogP contribution < -0.4 is 5.32 Å². The average Bonchev–Trinajstić information content (AvgIpc) is 3.15. The van der Waals surface area contributed by atoms with E-state index in [4.69, 9.17) is 11.6 Å². The van der Waals surface area contributed by atoms with Gasteiger partial charge in [-0.2, -0.15) is 0 Å². The molecule has 16 heavy (non-hydrogen) atoms. The Morgan fingerprint density at radius 2 is 2.00 bits per heavy atom. The molecule has 86 valence electrons. The Labute approximate surface area is 101 Å². The summed E-state index contributed by atoms with van der Waals surface area (Å²) in [5.41, 5.74) is 0. The first-order valence-electron chi connectivity index (χ1n) is 6.19. The van der Waals surface area contributed by atoms with Gasteiger partial charge in [0.25, 0.3) is 0 Å². The number of nitrogens with one attached hydrogen (secondary N) is 1. The van der Waals surface area contributed by atoms with Crippen molar-refractivity contribution in [3.05, 3.63) is 23.4 Å². The van der Waals surface area contributed by atoms with Crippen molar-refractivity contribution in [3.8, 4) is 0 Å². The lowest BCUT2D eigenvalue weighted by atomic mass is 9.98. The predicted octanol–water partition coefficient (Wildman–Crippen LogP) is 3.58. The van der Waals surface area contributed by atoms with Gasteiger partial charge in [-0.25, -0.2) is 4.98 Å². The highest BCUT2D eigenvalue weighted by Gasteiger charge is 2.41. The summed E-state index contributed by atoms with van der Waals surface area (Å²) < 4.78 is 0. The fourth-order valence-corrected chi connectivity index (χ4v) is 2.69. The molecule has 0 unspecified atom stereocenters. The van der Waals surface area contributed by atoms with Gasteiger partial charge in [-0.05, 0) is 55.6 Å². The number of hydrogen-bond donors (Lipinski definition) is 1. The van der Waals surface area contributed by atoms with Crippen LogP contribution in [0.2, 0.25) is 5.02 Å². The highest BCUT2D eigenvalue weighted by atomic mass is 35.5. The highest BCUT2D eigenvalue weighted by Crippen LogP contribution is 2.49. The third-order valence-electron chi connectivity index (χ3n) is 3.72. The largest absolute Gasteiger partial charge is 0.369 e. The molecule has 1 N–H and O–H groups in total. The molecule has 0 radical (unpaired) electrons. The van der Waals surface area contributed by atoms with E-state index in [0.717, 1.165) is 35.1 Å². The molecule has 2 aliphatic carbocycles. The molecule has 2 saturated carbocycles. The number of nitrogens with zero attached hydrogens (tertiary/aromatic N) is 1. The van der Waals surface area contributed by atoms with E-state index in [1.165, 1.54) is 25.7 Å². The molecular weight excluding hydrogens is 220 g/mol. The first-order valence-corrected chi connectivity index (χ1v) is 6.57. The van der Waals surface area contributed by atoms with Crippen molar-refractivity contribution in [1.82, 2.24) is 4.98 Å². The predicted molar refractivity (Wildman–Crippen MR) is 66.7 cm³/mol. The summed E-state index contributed by atoms with van der Waals surface area (Å²) >= 11 is 6.07. The van der Waals surface area contributed by atoms with Gasteiger partial charge in [0.2, 0.25) is 0 Å². The van der Waals surface area contributed by atoms with E-state index in [1.807, 2.05) is 12.1 Å². The minimum Gasteiger partial charge on any atom is -0.369 e. The molecule has 3 rings (SSSR count). The zero-order chi connectivity index (χ0) is 11.0. The van der Waals surface area contributed by atoms with Gasteiger partial charge in [0.15, 0.2) is 0 Å². The molecule has 0 amide bonds.